The van der Waals surface area contributed by atoms with Crippen molar-refractivity contribution < 1.29 is 4.39 Å². The summed E-state index contributed by atoms with van der Waals surface area (Å²) in [5, 5.41) is 3.37. The van der Waals surface area contributed by atoms with Gasteiger partial charge in [-0.2, -0.15) is 0 Å². The van der Waals surface area contributed by atoms with E-state index in [0.717, 1.165) is 23.1 Å². The van der Waals surface area contributed by atoms with Crippen molar-refractivity contribution in [1.82, 2.24) is 5.32 Å². The lowest BCUT2D eigenvalue weighted by atomic mass is 9.91. The highest BCUT2D eigenvalue weighted by Gasteiger charge is 2.14. The van der Waals surface area contributed by atoms with Crippen LogP contribution in [0.5, 0.6) is 0 Å². The summed E-state index contributed by atoms with van der Waals surface area (Å²) in [5.41, 5.74) is 2.01. The SMILES string of the molecule is CCNCC(Cc1ccccc1F)c1ccc(Br)cc1. The molecular weight excluding hydrogens is 317 g/mol. The molecular formula is C17H19BrFN. The number of hydrogen-bond acceptors (Lipinski definition) is 1. The first-order chi connectivity index (χ1) is 9.70. The first-order valence-electron chi connectivity index (χ1n) is 6.90. The molecule has 0 heterocycles. The number of likely N-dealkylation sites (N-methyl/N-ethyl adjacent to an activating group) is 1. The van der Waals surface area contributed by atoms with Crippen molar-refractivity contribution in [3.8, 4) is 0 Å². The van der Waals surface area contributed by atoms with Gasteiger partial charge in [0.2, 0.25) is 0 Å². The van der Waals surface area contributed by atoms with Crippen LogP contribution in [0.3, 0.4) is 0 Å². The molecule has 0 radical (unpaired) electrons. The third kappa shape index (κ3) is 4.15. The molecule has 2 aromatic rings. The Hall–Kier alpha value is -1.19. The Balaban J connectivity index is 2.19. The number of benzene rings is 2. The van der Waals surface area contributed by atoms with Gasteiger partial charge in [-0.25, -0.2) is 4.39 Å². The predicted octanol–water partition coefficient (Wildman–Crippen LogP) is 4.52. The van der Waals surface area contributed by atoms with Crippen molar-refractivity contribution in [3.05, 3.63) is 69.9 Å². The Morgan fingerprint density at radius 1 is 1.10 bits per heavy atom. The van der Waals surface area contributed by atoms with Gasteiger partial charge in [-0.15, -0.1) is 0 Å². The fourth-order valence-corrected chi connectivity index (χ4v) is 2.56. The van der Waals surface area contributed by atoms with Gasteiger partial charge >= 0.3 is 0 Å². The molecule has 0 aromatic heterocycles. The van der Waals surface area contributed by atoms with Crippen LogP contribution in [0.25, 0.3) is 0 Å². The van der Waals surface area contributed by atoms with Crippen LogP contribution >= 0.6 is 15.9 Å². The molecule has 0 spiro atoms. The standard InChI is InChI=1S/C17H19BrFN/c1-2-20-12-15(13-7-9-16(18)10-8-13)11-14-5-3-4-6-17(14)19/h3-10,15,20H,2,11-12H2,1H3. The van der Waals surface area contributed by atoms with Gasteiger partial charge in [-0.3, -0.25) is 0 Å². The van der Waals surface area contributed by atoms with E-state index in [1.807, 2.05) is 24.3 Å². The van der Waals surface area contributed by atoms with Crippen molar-refractivity contribution in [2.24, 2.45) is 0 Å². The smallest absolute Gasteiger partial charge is 0.126 e. The molecule has 0 saturated heterocycles. The molecule has 0 aliphatic rings. The maximum Gasteiger partial charge on any atom is 0.126 e. The number of rotatable bonds is 6. The van der Waals surface area contributed by atoms with Crippen molar-refractivity contribution in [2.45, 2.75) is 19.3 Å². The summed E-state index contributed by atoms with van der Waals surface area (Å²) in [4.78, 5) is 0. The van der Waals surface area contributed by atoms with Gasteiger partial charge in [0.25, 0.3) is 0 Å². The zero-order valence-electron chi connectivity index (χ0n) is 11.6. The monoisotopic (exact) mass is 335 g/mol. The third-order valence-corrected chi connectivity index (χ3v) is 3.93. The van der Waals surface area contributed by atoms with E-state index in [0.29, 0.717) is 6.42 Å². The van der Waals surface area contributed by atoms with Gasteiger partial charge < -0.3 is 5.32 Å². The van der Waals surface area contributed by atoms with Gasteiger partial charge in [-0.05, 0) is 42.3 Å². The maximum absolute atomic E-state index is 13.8. The summed E-state index contributed by atoms with van der Waals surface area (Å²) < 4.78 is 14.9. The minimum absolute atomic E-state index is 0.119. The first-order valence-corrected chi connectivity index (χ1v) is 7.69. The average Bonchev–Trinajstić information content (AvgIpc) is 2.46. The van der Waals surface area contributed by atoms with Crippen LogP contribution in [0.2, 0.25) is 0 Å². The van der Waals surface area contributed by atoms with Crippen molar-refractivity contribution in [3.63, 3.8) is 0 Å². The predicted molar refractivity (Wildman–Crippen MR) is 85.5 cm³/mol. The Labute approximate surface area is 128 Å². The zero-order valence-corrected chi connectivity index (χ0v) is 13.2. The maximum atomic E-state index is 13.8. The molecule has 0 bridgehead atoms. The fourth-order valence-electron chi connectivity index (χ4n) is 2.29. The van der Waals surface area contributed by atoms with Gasteiger partial charge in [0.15, 0.2) is 0 Å². The van der Waals surface area contributed by atoms with E-state index in [9.17, 15) is 4.39 Å². The third-order valence-electron chi connectivity index (χ3n) is 3.41. The topological polar surface area (TPSA) is 12.0 Å². The first kappa shape index (κ1) is 15.2. The Kier molecular flexibility index (Phi) is 5.74. The van der Waals surface area contributed by atoms with E-state index in [-0.39, 0.29) is 11.7 Å². The van der Waals surface area contributed by atoms with Crippen LogP contribution in [0.1, 0.15) is 24.0 Å². The van der Waals surface area contributed by atoms with E-state index in [1.165, 1.54) is 11.6 Å². The Bertz CT molecular complexity index is 539. The van der Waals surface area contributed by atoms with Crippen molar-refractivity contribution in [2.75, 3.05) is 13.1 Å². The molecule has 1 unspecified atom stereocenters. The molecule has 0 aliphatic heterocycles. The van der Waals surface area contributed by atoms with E-state index in [1.54, 1.807) is 6.07 Å². The van der Waals surface area contributed by atoms with Crippen LogP contribution in [0.15, 0.2) is 53.0 Å². The lowest BCUT2D eigenvalue weighted by Crippen LogP contribution is -2.23. The summed E-state index contributed by atoms with van der Waals surface area (Å²) in [6.45, 7) is 3.86. The lowest BCUT2D eigenvalue weighted by molar-refractivity contribution is 0.562. The fraction of sp³-hybridized carbons (Fsp3) is 0.294. The van der Waals surface area contributed by atoms with Crippen LogP contribution in [-0.4, -0.2) is 13.1 Å². The zero-order chi connectivity index (χ0) is 14.4. The molecule has 3 heteroatoms. The summed E-state index contributed by atoms with van der Waals surface area (Å²) in [7, 11) is 0. The van der Waals surface area contributed by atoms with E-state index >= 15 is 0 Å². The Morgan fingerprint density at radius 2 is 1.80 bits per heavy atom. The molecule has 0 aliphatic carbocycles. The molecule has 2 aromatic carbocycles. The second kappa shape index (κ2) is 7.55. The van der Waals surface area contributed by atoms with Gasteiger partial charge in [0.1, 0.15) is 5.82 Å². The highest BCUT2D eigenvalue weighted by atomic mass is 79.9. The van der Waals surface area contributed by atoms with Crippen LogP contribution in [0.4, 0.5) is 4.39 Å². The van der Waals surface area contributed by atoms with Gasteiger partial charge in [-0.1, -0.05) is 53.2 Å². The highest BCUT2D eigenvalue weighted by Crippen LogP contribution is 2.23. The molecule has 0 amide bonds. The summed E-state index contributed by atoms with van der Waals surface area (Å²) in [5.74, 6) is 0.158. The molecule has 2 rings (SSSR count). The van der Waals surface area contributed by atoms with Crippen LogP contribution in [-0.2, 0) is 6.42 Å². The normalized spacial score (nSPS) is 12.3. The minimum Gasteiger partial charge on any atom is -0.316 e. The molecule has 1 N–H and O–H groups in total. The number of hydrogen-bond donors (Lipinski definition) is 1. The highest BCUT2D eigenvalue weighted by molar-refractivity contribution is 9.10. The van der Waals surface area contributed by atoms with Crippen molar-refractivity contribution in [1.29, 1.82) is 0 Å². The molecule has 106 valence electrons. The summed E-state index contributed by atoms with van der Waals surface area (Å²) in [6.07, 6.45) is 0.710. The van der Waals surface area contributed by atoms with Crippen LogP contribution in [0, 0.1) is 5.82 Å². The largest absolute Gasteiger partial charge is 0.316 e. The summed E-state index contributed by atoms with van der Waals surface area (Å²) >= 11 is 3.45. The van der Waals surface area contributed by atoms with E-state index < -0.39 is 0 Å². The van der Waals surface area contributed by atoms with E-state index in [4.69, 9.17) is 0 Å². The van der Waals surface area contributed by atoms with E-state index in [2.05, 4.69) is 40.3 Å². The number of nitrogens with one attached hydrogen (secondary N) is 1. The second-order valence-electron chi connectivity index (χ2n) is 4.85. The molecule has 1 nitrogen and oxygen atoms in total. The lowest BCUT2D eigenvalue weighted by Gasteiger charge is -2.18. The number of halogens is 2. The van der Waals surface area contributed by atoms with Crippen molar-refractivity contribution >= 4 is 15.9 Å². The van der Waals surface area contributed by atoms with Gasteiger partial charge in [0, 0.05) is 16.9 Å². The quantitative estimate of drug-likeness (QED) is 0.818. The van der Waals surface area contributed by atoms with Gasteiger partial charge in [0.05, 0.1) is 0 Å². The molecule has 0 saturated carbocycles. The van der Waals surface area contributed by atoms with Crippen LogP contribution < -0.4 is 5.32 Å². The average molecular weight is 336 g/mol. The molecule has 20 heavy (non-hydrogen) atoms. The summed E-state index contributed by atoms with van der Waals surface area (Å²) in [6, 6.07) is 15.3. The second-order valence-corrected chi connectivity index (χ2v) is 5.77. The minimum atomic E-state index is -0.119. The molecule has 0 fully saturated rings. The molecule has 1 atom stereocenters. The Morgan fingerprint density at radius 3 is 2.45 bits per heavy atom.